The molecule has 2 aromatic carbocycles. The summed E-state index contributed by atoms with van der Waals surface area (Å²) in [7, 11) is 2.13. The van der Waals surface area contributed by atoms with E-state index in [0.717, 1.165) is 26.1 Å². The van der Waals surface area contributed by atoms with Crippen molar-refractivity contribution in [2.45, 2.75) is 32.2 Å². The molecule has 0 spiro atoms. The Hall–Kier alpha value is -3.38. The van der Waals surface area contributed by atoms with Crippen LogP contribution in [-0.2, 0) is 6.42 Å². The van der Waals surface area contributed by atoms with Gasteiger partial charge in [-0.25, -0.2) is 4.79 Å². The molecule has 3 heterocycles. The van der Waals surface area contributed by atoms with E-state index in [9.17, 15) is 9.90 Å². The molecule has 0 saturated carbocycles. The summed E-state index contributed by atoms with van der Waals surface area (Å²) in [6.45, 7) is 6.12. The first kappa shape index (κ1) is 22.4. The van der Waals surface area contributed by atoms with Gasteiger partial charge in [0.2, 0.25) is 0 Å². The van der Waals surface area contributed by atoms with E-state index in [-0.39, 0.29) is 11.6 Å². The van der Waals surface area contributed by atoms with E-state index in [2.05, 4.69) is 70.5 Å². The number of carbonyl (C=O) groups is 1. The van der Waals surface area contributed by atoms with Crippen molar-refractivity contribution in [3.63, 3.8) is 0 Å². The van der Waals surface area contributed by atoms with Crippen molar-refractivity contribution in [1.29, 1.82) is 0 Å². The van der Waals surface area contributed by atoms with Gasteiger partial charge in [0.25, 0.3) is 0 Å². The van der Waals surface area contributed by atoms with Crippen molar-refractivity contribution in [3.8, 4) is 11.1 Å². The smallest absolute Gasteiger partial charge is 0.337 e. The molecule has 1 saturated heterocycles. The summed E-state index contributed by atoms with van der Waals surface area (Å²) in [5.74, 6) is -0.946. The fraction of sp³-hybridized carbons (Fsp3) is 0.357. The van der Waals surface area contributed by atoms with Crippen LogP contribution in [0.2, 0.25) is 0 Å². The number of rotatable bonds is 6. The highest BCUT2D eigenvalue weighted by molar-refractivity contribution is 5.93. The highest BCUT2D eigenvalue weighted by Crippen LogP contribution is 2.35. The number of aromatic carboxylic acids is 1. The molecule has 2 aliphatic rings. The van der Waals surface area contributed by atoms with Crippen LogP contribution >= 0.6 is 0 Å². The number of benzene rings is 2. The van der Waals surface area contributed by atoms with E-state index in [0.29, 0.717) is 12.2 Å². The molecule has 1 atom stereocenters. The Kier molecular flexibility index (Phi) is 6.24. The van der Waals surface area contributed by atoms with Gasteiger partial charge in [0, 0.05) is 38.1 Å². The number of nitrogens with zero attached hydrogens (tertiary/aromatic N) is 3. The lowest BCUT2D eigenvalue weighted by Gasteiger charge is -2.35. The molecule has 2 N–H and O–H groups in total. The van der Waals surface area contributed by atoms with Crippen molar-refractivity contribution in [3.05, 3.63) is 77.1 Å². The Morgan fingerprint density at radius 2 is 1.94 bits per heavy atom. The van der Waals surface area contributed by atoms with Gasteiger partial charge in [-0.3, -0.25) is 9.88 Å². The molecule has 176 valence electrons. The normalized spacial score (nSPS) is 18.1. The molecule has 0 radical (unpaired) electrons. The second kappa shape index (κ2) is 9.47. The van der Waals surface area contributed by atoms with Gasteiger partial charge in [-0.15, -0.1) is 0 Å². The number of carboxylic acid groups (broad SMARTS) is 1. The molecule has 5 rings (SSSR count). The molecule has 0 bridgehead atoms. The van der Waals surface area contributed by atoms with Crippen LogP contribution in [0, 0.1) is 6.92 Å². The minimum Gasteiger partial charge on any atom is -0.478 e. The summed E-state index contributed by atoms with van der Waals surface area (Å²) in [6, 6.07) is 15.4. The molecule has 6 heteroatoms. The lowest BCUT2D eigenvalue weighted by atomic mass is 9.89. The van der Waals surface area contributed by atoms with Crippen LogP contribution in [0.15, 0.2) is 54.9 Å². The largest absolute Gasteiger partial charge is 0.478 e. The van der Waals surface area contributed by atoms with Crippen LogP contribution in [0.4, 0.5) is 11.4 Å². The topological polar surface area (TPSA) is 68.7 Å². The maximum Gasteiger partial charge on any atom is 0.337 e. The first-order valence-electron chi connectivity index (χ1n) is 12.1. The van der Waals surface area contributed by atoms with Gasteiger partial charge in [-0.2, -0.15) is 0 Å². The van der Waals surface area contributed by atoms with Crippen LogP contribution in [0.3, 0.4) is 0 Å². The number of pyridine rings is 1. The van der Waals surface area contributed by atoms with Gasteiger partial charge < -0.3 is 15.3 Å². The predicted molar refractivity (Wildman–Crippen MR) is 137 cm³/mol. The molecule has 1 aromatic heterocycles. The second-order valence-electron chi connectivity index (χ2n) is 9.46. The molecule has 0 unspecified atom stereocenters. The van der Waals surface area contributed by atoms with Crippen molar-refractivity contribution < 1.29 is 9.90 Å². The first-order chi connectivity index (χ1) is 16.5. The molecular weight excluding hydrogens is 424 g/mol. The lowest BCUT2D eigenvalue weighted by Crippen LogP contribution is -2.36. The summed E-state index contributed by atoms with van der Waals surface area (Å²) in [4.78, 5) is 20.5. The van der Waals surface area contributed by atoms with Crippen LogP contribution in [0.1, 0.15) is 45.9 Å². The van der Waals surface area contributed by atoms with Gasteiger partial charge >= 0.3 is 5.97 Å². The van der Waals surface area contributed by atoms with E-state index < -0.39 is 5.97 Å². The maximum atomic E-state index is 11.6. The Balaban J connectivity index is 1.38. The summed E-state index contributed by atoms with van der Waals surface area (Å²) in [6.07, 6.45) is 6.68. The number of hydrogen-bond donors (Lipinski definition) is 2. The van der Waals surface area contributed by atoms with Gasteiger partial charge in [0.1, 0.15) is 0 Å². The highest BCUT2D eigenvalue weighted by Gasteiger charge is 2.25. The molecule has 1 fully saturated rings. The number of likely N-dealkylation sites (N-methyl/N-ethyl adjacent to an activating group) is 1. The summed E-state index contributed by atoms with van der Waals surface area (Å²) in [5.41, 5.74) is 8.68. The quantitative estimate of drug-likeness (QED) is 0.544. The Bertz CT molecular complexity index is 1200. The lowest BCUT2D eigenvalue weighted by molar-refractivity contribution is 0.0697. The van der Waals surface area contributed by atoms with Crippen molar-refractivity contribution in [1.82, 2.24) is 9.88 Å². The number of hydrogen-bond acceptors (Lipinski definition) is 5. The van der Waals surface area contributed by atoms with E-state index in [4.69, 9.17) is 0 Å². The third kappa shape index (κ3) is 4.38. The minimum atomic E-state index is -0.946. The third-order valence-corrected chi connectivity index (χ3v) is 7.30. The van der Waals surface area contributed by atoms with Crippen LogP contribution in [0.25, 0.3) is 11.1 Å². The van der Waals surface area contributed by atoms with E-state index >= 15 is 0 Å². The average molecular weight is 457 g/mol. The first-order valence-corrected chi connectivity index (χ1v) is 12.1. The Morgan fingerprint density at radius 1 is 1.12 bits per heavy atom. The highest BCUT2D eigenvalue weighted by atomic mass is 16.4. The predicted octanol–water partition coefficient (Wildman–Crippen LogP) is 5.00. The Labute approximate surface area is 201 Å². The number of anilines is 2. The van der Waals surface area contributed by atoms with Crippen LogP contribution in [-0.4, -0.2) is 54.2 Å². The van der Waals surface area contributed by atoms with E-state index in [1.807, 2.05) is 0 Å². The average Bonchev–Trinajstić information content (AvgIpc) is 3.38. The van der Waals surface area contributed by atoms with Gasteiger partial charge in [0.05, 0.1) is 23.5 Å². The zero-order chi connectivity index (χ0) is 23.7. The van der Waals surface area contributed by atoms with Crippen LogP contribution in [0.5, 0.6) is 0 Å². The standard InChI is InChI=1S/C28H32N4O2/c1-19-15-22(32-12-3-4-13-32)6-8-23(19)20-5-7-24-21(16-20)10-14-31(2)27(24)18-30-26-17-29-11-9-25(26)28(33)34/h5-9,11,15-17,27,30H,3-4,10,12-14,18H2,1-2H3,(H,33,34)/t27-/m1/s1. The zero-order valence-corrected chi connectivity index (χ0v) is 19.9. The Morgan fingerprint density at radius 3 is 2.71 bits per heavy atom. The van der Waals surface area contributed by atoms with Crippen molar-refractivity contribution in [2.75, 3.05) is 43.4 Å². The summed E-state index contributed by atoms with van der Waals surface area (Å²) < 4.78 is 0. The number of fused-ring (bicyclic) bond motifs is 1. The third-order valence-electron chi connectivity index (χ3n) is 7.30. The van der Waals surface area contributed by atoms with Gasteiger partial charge in [0.15, 0.2) is 0 Å². The minimum absolute atomic E-state index is 0.165. The van der Waals surface area contributed by atoms with E-state index in [1.54, 1.807) is 6.20 Å². The van der Waals surface area contributed by atoms with Gasteiger partial charge in [-0.05, 0) is 79.3 Å². The molecule has 34 heavy (non-hydrogen) atoms. The van der Waals surface area contributed by atoms with Gasteiger partial charge in [-0.1, -0.05) is 24.3 Å². The maximum absolute atomic E-state index is 11.6. The SMILES string of the molecule is Cc1cc(N2CCCC2)ccc1-c1ccc2c(c1)CCN(C)[C@@H]2CNc1cnccc1C(=O)O. The molecule has 3 aromatic rings. The number of aromatic nitrogens is 1. The fourth-order valence-electron chi connectivity index (χ4n) is 5.34. The second-order valence-corrected chi connectivity index (χ2v) is 9.46. The number of nitrogens with one attached hydrogen (secondary N) is 1. The molecule has 0 amide bonds. The summed E-state index contributed by atoms with van der Waals surface area (Å²) >= 11 is 0. The molecule has 6 nitrogen and oxygen atoms in total. The van der Waals surface area contributed by atoms with E-state index in [1.165, 1.54) is 58.6 Å². The zero-order valence-electron chi connectivity index (χ0n) is 19.9. The van der Waals surface area contributed by atoms with Crippen LogP contribution < -0.4 is 10.2 Å². The summed E-state index contributed by atoms with van der Waals surface area (Å²) in [5, 5.41) is 12.8. The monoisotopic (exact) mass is 456 g/mol. The fourth-order valence-corrected chi connectivity index (χ4v) is 5.34. The molecular formula is C28H32N4O2. The van der Waals surface area contributed by atoms with Crippen molar-refractivity contribution >= 4 is 17.3 Å². The molecule has 0 aliphatic carbocycles. The van der Waals surface area contributed by atoms with Crippen molar-refractivity contribution in [2.24, 2.45) is 0 Å². The number of aryl methyl sites for hydroxylation is 1. The number of carboxylic acids is 1. The molecule has 2 aliphatic heterocycles.